The number of benzene rings is 3. The molecule has 4 rings (SSSR count). The average molecular weight is 498 g/mol. The number of hydrogen-bond acceptors (Lipinski definition) is 4. The van der Waals surface area contributed by atoms with E-state index in [1.54, 1.807) is 25.3 Å². The van der Waals surface area contributed by atoms with Gasteiger partial charge in [0.15, 0.2) is 0 Å². The number of hydrazone groups is 1. The van der Waals surface area contributed by atoms with Crippen LogP contribution in [0.4, 0.5) is 0 Å². The molecule has 4 aromatic rings. The second-order valence-corrected chi connectivity index (χ2v) is 8.03. The quantitative estimate of drug-likeness (QED) is 0.254. The Labute approximate surface area is 192 Å². The van der Waals surface area contributed by atoms with Crippen molar-refractivity contribution in [3.8, 4) is 17.1 Å². The van der Waals surface area contributed by atoms with Gasteiger partial charge in [-0.25, -0.2) is 5.43 Å². The summed E-state index contributed by atoms with van der Waals surface area (Å²) in [5, 5.41) is 6.61. The Balaban J connectivity index is 1.41. The molecule has 5 nitrogen and oxygen atoms in total. The summed E-state index contributed by atoms with van der Waals surface area (Å²) in [6, 6.07) is 20.8. The number of furan rings is 1. The molecule has 0 aliphatic heterocycles. The fraction of sp³-hybridized carbons (Fsp3) is 0.0833. The van der Waals surface area contributed by atoms with E-state index in [0.717, 1.165) is 26.4 Å². The van der Waals surface area contributed by atoms with Crippen LogP contribution in [0.1, 0.15) is 11.3 Å². The highest BCUT2D eigenvalue weighted by atomic mass is 79.9. The molecular formula is C24H18BrClN2O3. The van der Waals surface area contributed by atoms with Crippen LogP contribution in [0.15, 0.2) is 80.7 Å². The molecule has 0 aliphatic carbocycles. The van der Waals surface area contributed by atoms with Crippen LogP contribution in [0.2, 0.25) is 5.02 Å². The third-order valence-electron chi connectivity index (χ3n) is 4.76. The van der Waals surface area contributed by atoms with E-state index in [-0.39, 0.29) is 12.3 Å². The van der Waals surface area contributed by atoms with Crippen LogP contribution >= 0.6 is 27.5 Å². The number of carbonyl (C=O) groups excluding carboxylic acids is 1. The molecule has 156 valence electrons. The van der Waals surface area contributed by atoms with Crippen molar-refractivity contribution in [1.82, 2.24) is 5.43 Å². The first-order chi connectivity index (χ1) is 15.0. The molecule has 1 amide bonds. The van der Waals surface area contributed by atoms with Gasteiger partial charge in [-0.05, 0) is 52.7 Å². The number of nitrogens with zero attached hydrogens (tertiary/aromatic N) is 1. The van der Waals surface area contributed by atoms with Crippen molar-refractivity contribution in [2.24, 2.45) is 5.10 Å². The molecule has 0 atom stereocenters. The first-order valence-corrected chi connectivity index (χ1v) is 10.6. The summed E-state index contributed by atoms with van der Waals surface area (Å²) in [7, 11) is 1.57. The summed E-state index contributed by atoms with van der Waals surface area (Å²) in [5.41, 5.74) is 4.30. The number of fused-ring (bicyclic) bond motifs is 1. The summed E-state index contributed by atoms with van der Waals surface area (Å²) in [6.45, 7) is 0. The van der Waals surface area contributed by atoms with Gasteiger partial charge >= 0.3 is 0 Å². The van der Waals surface area contributed by atoms with E-state index in [1.165, 1.54) is 6.21 Å². The van der Waals surface area contributed by atoms with Gasteiger partial charge in [0.25, 0.3) is 0 Å². The number of nitrogens with one attached hydrogen (secondary N) is 1. The van der Waals surface area contributed by atoms with Crippen molar-refractivity contribution < 1.29 is 13.9 Å². The average Bonchev–Trinajstić information content (AvgIpc) is 3.25. The van der Waals surface area contributed by atoms with E-state index in [0.29, 0.717) is 22.3 Å². The fourth-order valence-electron chi connectivity index (χ4n) is 3.26. The Morgan fingerprint density at radius 3 is 2.71 bits per heavy atom. The normalized spacial score (nSPS) is 11.2. The lowest BCUT2D eigenvalue weighted by atomic mass is 10.0. The minimum atomic E-state index is -0.211. The third-order valence-corrected chi connectivity index (χ3v) is 5.74. The largest absolute Gasteiger partial charge is 0.495 e. The van der Waals surface area contributed by atoms with Crippen molar-refractivity contribution in [3.63, 3.8) is 0 Å². The van der Waals surface area contributed by atoms with E-state index in [9.17, 15) is 4.79 Å². The SMILES string of the molecule is COc1ccc(-c2ccc(C=NNC(=O)Cc3ccc(Br)c4ccccc34)o2)cc1Cl. The first-order valence-electron chi connectivity index (χ1n) is 9.47. The van der Waals surface area contributed by atoms with Gasteiger partial charge in [-0.2, -0.15) is 5.10 Å². The summed E-state index contributed by atoms with van der Waals surface area (Å²) in [6.07, 6.45) is 1.69. The number of methoxy groups -OCH3 is 1. The molecular weight excluding hydrogens is 480 g/mol. The summed E-state index contributed by atoms with van der Waals surface area (Å²) < 4.78 is 11.9. The standard InChI is InChI=1S/C24H18BrClN2O3/c1-30-23-10-7-16(12-21(23)26)22-11-8-17(31-22)14-27-28-24(29)13-15-6-9-20(25)19-5-3-2-4-18(15)19/h2-12,14H,13H2,1H3,(H,28,29). The van der Waals surface area contributed by atoms with Gasteiger partial charge in [0.2, 0.25) is 5.91 Å². The van der Waals surface area contributed by atoms with Crippen molar-refractivity contribution in [3.05, 3.63) is 87.5 Å². The highest BCUT2D eigenvalue weighted by Gasteiger charge is 2.09. The number of hydrogen-bond donors (Lipinski definition) is 1. The van der Waals surface area contributed by atoms with Gasteiger partial charge in [-0.1, -0.05) is 57.9 Å². The van der Waals surface area contributed by atoms with E-state index < -0.39 is 0 Å². The lowest BCUT2D eigenvalue weighted by Crippen LogP contribution is -2.19. The van der Waals surface area contributed by atoms with Crippen LogP contribution < -0.4 is 10.2 Å². The smallest absolute Gasteiger partial charge is 0.244 e. The van der Waals surface area contributed by atoms with Crippen LogP contribution in [0.3, 0.4) is 0 Å². The maximum Gasteiger partial charge on any atom is 0.244 e. The Morgan fingerprint density at radius 1 is 1.13 bits per heavy atom. The molecule has 0 unspecified atom stereocenters. The summed E-state index contributed by atoms with van der Waals surface area (Å²) in [5.74, 6) is 1.53. The molecule has 0 aliphatic rings. The predicted molar refractivity (Wildman–Crippen MR) is 127 cm³/mol. The van der Waals surface area contributed by atoms with Crippen molar-refractivity contribution in [1.29, 1.82) is 0 Å². The Hall–Kier alpha value is -3.09. The number of carbonyl (C=O) groups is 1. The number of rotatable bonds is 6. The summed E-state index contributed by atoms with van der Waals surface area (Å²) >= 11 is 9.72. The lowest BCUT2D eigenvalue weighted by molar-refractivity contribution is -0.120. The van der Waals surface area contributed by atoms with Crippen molar-refractivity contribution in [2.45, 2.75) is 6.42 Å². The highest BCUT2D eigenvalue weighted by molar-refractivity contribution is 9.10. The summed E-state index contributed by atoms with van der Waals surface area (Å²) in [4.78, 5) is 12.4. The molecule has 0 radical (unpaired) electrons. The first kappa shape index (κ1) is 21.2. The molecule has 31 heavy (non-hydrogen) atoms. The molecule has 0 spiro atoms. The Morgan fingerprint density at radius 2 is 1.94 bits per heavy atom. The third kappa shape index (κ3) is 4.81. The molecule has 7 heteroatoms. The van der Waals surface area contributed by atoms with Gasteiger partial charge in [-0.15, -0.1) is 0 Å². The molecule has 1 aromatic heterocycles. The van der Waals surface area contributed by atoms with Gasteiger partial charge in [0, 0.05) is 10.0 Å². The number of halogens is 2. The Kier molecular flexibility index (Phi) is 6.39. The van der Waals surface area contributed by atoms with Gasteiger partial charge < -0.3 is 9.15 Å². The monoisotopic (exact) mass is 496 g/mol. The molecule has 0 fully saturated rings. The van der Waals surface area contributed by atoms with Gasteiger partial charge in [-0.3, -0.25) is 4.79 Å². The Bertz CT molecular complexity index is 1280. The van der Waals surface area contributed by atoms with Crippen LogP contribution in [0.5, 0.6) is 5.75 Å². The predicted octanol–water partition coefficient (Wildman–Crippen LogP) is 6.22. The molecule has 0 saturated carbocycles. The zero-order valence-electron chi connectivity index (χ0n) is 16.6. The van der Waals surface area contributed by atoms with E-state index >= 15 is 0 Å². The van der Waals surface area contributed by atoms with Crippen LogP contribution in [0.25, 0.3) is 22.1 Å². The van der Waals surface area contributed by atoms with E-state index in [1.807, 2.05) is 48.5 Å². The van der Waals surface area contributed by atoms with Gasteiger partial charge in [0.1, 0.15) is 17.3 Å². The second kappa shape index (κ2) is 9.37. The number of amides is 1. The zero-order chi connectivity index (χ0) is 21.8. The molecule has 0 saturated heterocycles. The van der Waals surface area contributed by atoms with Crippen molar-refractivity contribution in [2.75, 3.05) is 7.11 Å². The number of ether oxygens (including phenoxy) is 1. The minimum Gasteiger partial charge on any atom is -0.495 e. The van der Waals surface area contributed by atoms with Crippen LogP contribution in [-0.4, -0.2) is 19.2 Å². The maximum atomic E-state index is 12.4. The molecule has 1 N–H and O–H groups in total. The maximum absolute atomic E-state index is 12.4. The van der Waals surface area contributed by atoms with Gasteiger partial charge in [0.05, 0.1) is 24.8 Å². The molecule has 3 aromatic carbocycles. The minimum absolute atomic E-state index is 0.211. The topological polar surface area (TPSA) is 63.8 Å². The fourth-order valence-corrected chi connectivity index (χ4v) is 3.99. The molecule has 0 bridgehead atoms. The van der Waals surface area contributed by atoms with Crippen LogP contribution in [-0.2, 0) is 11.2 Å². The second-order valence-electron chi connectivity index (χ2n) is 6.77. The molecule has 1 heterocycles. The lowest BCUT2D eigenvalue weighted by Gasteiger charge is -2.07. The highest BCUT2D eigenvalue weighted by Crippen LogP contribution is 2.31. The van der Waals surface area contributed by atoms with Crippen molar-refractivity contribution >= 4 is 50.4 Å². The van der Waals surface area contributed by atoms with Crippen LogP contribution in [0, 0.1) is 0 Å². The van der Waals surface area contributed by atoms with E-state index in [4.69, 9.17) is 20.8 Å². The zero-order valence-corrected chi connectivity index (χ0v) is 18.9. The van der Waals surface area contributed by atoms with E-state index in [2.05, 4.69) is 26.5 Å².